The van der Waals surface area contributed by atoms with E-state index in [9.17, 15) is 24.3 Å². The summed E-state index contributed by atoms with van der Waals surface area (Å²) < 4.78 is 5.43. The number of amides is 3. The summed E-state index contributed by atoms with van der Waals surface area (Å²) in [5.41, 5.74) is -0.606. The fourth-order valence-electron chi connectivity index (χ4n) is 4.52. The first-order valence-corrected chi connectivity index (χ1v) is 12.2. The normalized spacial score (nSPS) is 25.1. The molecule has 2 aliphatic rings. The number of carbonyl (C=O) groups is 4. The summed E-state index contributed by atoms with van der Waals surface area (Å²) in [5.74, 6) is -1.41. The highest BCUT2D eigenvalue weighted by molar-refractivity contribution is 5.86. The number of nitrogens with one attached hydrogen (secondary N) is 2. The van der Waals surface area contributed by atoms with Gasteiger partial charge in [-0.1, -0.05) is 20.3 Å². The summed E-state index contributed by atoms with van der Waals surface area (Å²) >= 11 is 0. The second-order valence-electron chi connectivity index (χ2n) is 10.5. The Morgan fingerprint density at radius 2 is 1.70 bits per heavy atom. The molecule has 2 rings (SSSR count). The van der Waals surface area contributed by atoms with E-state index in [0.717, 1.165) is 19.3 Å². The van der Waals surface area contributed by atoms with Crippen molar-refractivity contribution in [2.45, 2.75) is 97.2 Å². The minimum atomic E-state index is -0.999. The average Bonchev–Trinajstić information content (AvgIpc) is 3.24. The lowest BCUT2D eigenvalue weighted by Gasteiger charge is -2.31. The molecule has 0 aromatic carbocycles. The van der Waals surface area contributed by atoms with Gasteiger partial charge in [0.1, 0.15) is 17.7 Å². The number of ether oxygens (including phenoxy) is 1. The molecule has 3 N–H and O–H groups in total. The van der Waals surface area contributed by atoms with Crippen LogP contribution in [0.1, 0.15) is 79.6 Å². The zero-order valence-electron chi connectivity index (χ0n) is 20.7. The first-order chi connectivity index (χ1) is 15.4. The molecule has 0 aromatic heterocycles. The lowest BCUT2D eigenvalue weighted by molar-refractivity contribution is -0.144. The maximum absolute atomic E-state index is 12.7. The zero-order chi connectivity index (χ0) is 24.8. The number of hydrogen-bond acceptors (Lipinski definition) is 5. The Kier molecular flexibility index (Phi) is 9.55. The number of rotatable bonds is 8. The van der Waals surface area contributed by atoms with Gasteiger partial charge in [-0.15, -0.1) is 0 Å². The highest BCUT2D eigenvalue weighted by Gasteiger charge is 2.37. The second-order valence-corrected chi connectivity index (χ2v) is 10.5. The van der Waals surface area contributed by atoms with Crippen LogP contribution in [-0.2, 0) is 19.1 Å². The van der Waals surface area contributed by atoms with Gasteiger partial charge >= 0.3 is 12.1 Å². The standard InChI is InChI=1S/C24H41N3O6/c1-6-15(2)19(22(30)31)26-20(28)17-11-9-16(10-12-17)14-25-21(29)18-8-7-13-27(18)23(32)33-24(3,4)5/h15-19H,6-14H2,1-5H3,(H,25,29)(H,26,28)(H,30,31)/t15-,16?,17?,18+,19+/m1/s1. The fourth-order valence-corrected chi connectivity index (χ4v) is 4.52. The summed E-state index contributed by atoms with van der Waals surface area (Å²) in [6.45, 7) is 10.2. The molecule has 0 radical (unpaired) electrons. The van der Waals surface area contributed by atoms with Crippen LogP contribution in [0.4, 0.5) is 4.79 Å². The predicted molar refractivity (Wildman–Crippen MR) is 123 cm³/mol. The van der Waals surface area contributed by atoms with Gasteiger partial charge in [0.05, 0.1) is 0 Å². The third kappa shape index (κ3) is 7.89. The number of aliphatic carboxylic acids is 1. The summed E-state index contributed by atoms with van der Waals surface area (Å²) in [7, 11) is 0. The van der Waals surface area contributed by atoms with Crippen molar-refractivity contribution in [3.63, 3.8) is 0 Å². The topological polar surface area (TPSA) is 125 Å². The molecule has 1 heterocycles. The highest BCUT2D eigenvalue weighted by atomic mass is 16.6. The first kappa shape index (κ1) is 26.9. The van der Waals surface area contributed by atoms with Gasteiger partial charge in [0.2, 0.25) is 11.8 Å². The number of nitrogens with zero attached hydrogens (tertiary/aromatic N) is 1. The third-order valence-corrected chi connectivity index (χ3v) is 6.74. The first-order valence-electron chi connectivity index (χ1n) is 12.2. The summed E-state index contributed by atoms with van der Waals surface area (Å²) in [5, 5.41) is 15.1. The van der Waals surface area contributed by atoms with E-state index in [4.69, 9.17) is 4.74 Å². The number of carboxylic acid groups (broad SMARTS) is 1. The Morgan fingerprint density at radius 3 is 2.24 bits per heavy atom. The molecule has 1 aliphatic carbocycles. The molecule has 33 heavy (non-hydrogen) atoms. The molecule has 9 nitrogen and oxygen atoms in total. The van der Waals surface area contributed by atoms with Gasteiger partial charge in [0.15, 0.2) is 0 Å². The van der Waals surface area contributed by atoms with Gasteiger partial charge in [0.25, 0.3) is 0 Å². The van der Waals surface area contributed by atoms with Crippen molar-refractivity contribution in [3.05, 3.63) is 0 Å². The van der Waals surface area contributed by atoms with E-state index < -0.39 is 29.7 Å². The van der Waals surface area contributed by atoms with Crippen LogP contribution < -0.4 is 10.6 Å². The minimum Gasteiger partial charge on any atom is -0.480 e. The average molecular weight is 468 g/mol. The Bertz CT molecular complexity index is 711. The Morgan fingerprint density at radius 1 is 1.06 bits per heavy atom. The van der Waals surface area contributed by atoms with E-state index in [1.54, 1.807) is 20.8 Å². The van der Waals surface area contributed by atoms with Crippen LogP contribution in [0, 0.1) is 17.8 Å². The smallest absolute Gasteiger partial charge is 0.410 e. The van der Waals surface area contributed by atoms with Crippen LogP contribution in [0.2, 0.25) is 0 Å². The SMILES string of the molecule is CC[C@@H](C)[C@H](NC(=O)C1CCC(CNC(=O)[C@@H]2CCCN2C(=O)OC(C)(C)C)CC1)C(=O)O. The van der Waals surface area contributed by atoms with Crippen LogP contribution >= 0.6 is 0 Å². The third-order valence-electron chi connectivity index (χ3n) is 6.74. The molecule has 1 aliphatic heterocycles. The second kappa shape index (κ2) is 11.7. The zero-order valence-corrected chi connectivity index (χ0v) is 20.7. The van der Waals surface area contributed by atoms with Gasteiger partial charge in [-0.05, 0) is 71.1 Å². The van der Waals surface area contributed by atoms with Crippen LogP contribution in [0.15, 0.2) is 0 Å². The Balaban J connectivity index is 1.78. The van der Waals surface area contributed by atoms with Gasteiger partial charge in [-0.2, -0.15) is 0 Å². The van der Waals surface area contributed by atoms with Crippen molar-refractivity contribution < 1.29 is 29.0 Å². The van der Waals surface area contributed by atoms with Crippen molar-refractivity contribution in [1.82, 2.24) is 15.5 Å². The molecule has 1 saturated heterocycles. The van der Waals surface area contributed by atoms with E-state index in [2.05, 4.69) is 10.6 Å². The molecule has 9 heteroatoms. The van der Waals surface area contributed by atoms with Crippen molar-refractivity contribution in [3.8, 4) is 0 Å². The van der Waals surface area contributed by atoms with Gasteiger partial charge in [-0.25, -0.2) is 9.59 Å². The molecule has 188 valence electrons. The van der Waals surface area contributed by atoms with E-state index in [0.29, 0.717) is 38.8 Å². The van der Waals surface area contributed by atoms with Gasteiger partial charge in [-0.3, -0.25) is 14.5 Å². The molecule has 0 aromatic rings. The number of carboxylic acids is 1. The van der Waals surface area contributed by atoms with Crippen LogP contribution in [0.5, 0.6) is 0 Å². The lowest BCUT2D eigenvalue weighted by atomic mass is 9.81. The van der Waals surface area contributed by atoms with E-state index in [-0.39, 0.29) is 29.6 Å². The van der Waals surface area contributed by atoms with Crippen molar-refractivity contribution in [1.29, 1.82) is 0 Å². The molecule has 1 saturated carbocycles. The van der Waals surface area contributed by atoms with Crippen molar-refractivity contribution in [2.75, 3.05) is 13.1 Å². The molecule has 0 unspecified atom stereocenters. The summed E-state index contributed by atoms with van der Waals surface area (Å²) in [6.07, 6.45) is 4.54. The molecule has 3 atom stereocenters. The largest absolute Gasteiger partial charge is 0.480 e. The molecule has 2 fully saturated rings. The van der Waals surface area contributed by atoms with E-state index in [1.807, 2.05) is 13.8 Å². The molecular weight excluding hydrogens is 426 g/mol. The van der Waals surface area contributed by atoms with E-state index >= 15 is 0 Å². The Labute approximate surface area is 197 Å². The minimum absolute atomic E-state index is 0.131. The van der Waals surface area contributed by atoms with E-state index in [1.165, 1.54) is 4.90 Å². The lowest BCUT2D eigenvalue weighted by Crippen LogP contribution is -2.49. The summed E-state index contributed by atoms with van der Waals surface area (Å²) in [4.78, 5) is 50.7. The Hall–Kier alpha value is -2.32. The monoisotopic (exact) mass is 467 g/mol. The van der Waals surface area contributed by atoms with Gasteiger partial charge in [0, 0.05) is 19.0 Å². The van der Waals surface area contributed by atoms with Crippen LogP contribution in [-0.4, -0.2) is 64.7 Å². The number of hydrogen-bond donors (Lipinski definition) is 3. The molecule has 3 amide bonds. The van der Waals surface area contributed by atoms with Crippen LogP contribution in [0.25, 0.3) is 0 Å². The maximum Gasteiger partial charge on any atom is 0.410 e. The predicted octanol–water partition coefficient (Wildman–Crippen LogP) is 2.92. The van der Waals surface area contributed by atoms with Crippen molar-refractivity contribution >= 4 is 23.9 Å². The molecule has 0 bridgehead atoms. The van der Waals surface area contributed by atoms with Gasteiger partial charge < -0.3 is 20.5 Å². The highest BCUT2D eigenvalue weighted by Crippen LogP contribution is 2.29. The molecular formula is C24H41N3O6. The molecule has 0 spiro atoms. The fraction of sp³-hybridized carbons (Fsp3) is 0.833. The van der Waals surface area contributed by atoms with Crippen molar-refractivity contribution in [2.24, 2.45) is 17.8 Å². The quantitative estimate of drug-likeness (QED) is 0.504. The number of carbonyl (C=O) groups excluding carboxylic acids is 3. The summed E-state index contributed by atoms with van der Waals surface area (Å²) in [6, 6.07) is -1.37. The maximum atomic E-state index is 12.7. The number of likely N-dealkylation sites (tertiary alicyclic amines) is 1. The van der Waals surface area contributed by atoms with Crippen LogP contribution in [0.3, 0.4) is 0 Å².